The molecule has 0 spiro atoms. The van der Waals surface area contributed by atoms with Gasteiger partial charge in [-0.05, 0) is 0 Å². The zero-order valence-electron chi connectivity index (χ0n) is 5.24. The van der Waals surface area contributed by atoms with Crippen molar-refractivity contribution in [1.82, 2.24) is 0 Å². The van der Waals surface area contributed by atoms with Crippen molar-refractivity contribution in [2.75, 3.05) is 12.0 Å². The number of rotatable bonds is 3. The summed E-state index contributed by atoms with van der Waals surface area (Å²) in [6, 6.07) is 0. The van der Waals surface area contributed by atoms with E-state index in [2.05, 4.69) is 6.58 Å². The van der Waals surface area contributed by atoms with Crippen LogP contribution in [0, 0.1) is 0 Å². The third kappa shape index (κ3) is 5.52. The normalized spacial score (nSPS) is 14.9. The lowest BCUT2D eigenvalue weighted by molar-refractivity contribution is 0.246. The molecule has 0 aliphatic heterocycles. The highest BCUT2D eigenvalue weighted by molar-refractivity contribution is 7.90. The molecule has 0 amide bonds. The standard InChI is InChI=1S/C5H10O3S/c1-3-5(6)4-9(2,7)8/h3,5-6H,1,4H2,2H3. The van der Waals surface area contributed by atoms with Crippen molar-refractivity contribution >= 4 is 9.84 Å². The van der Waals surface area contributed by atoms with Crippen molar-refractivity contribution in [3.63, 3.8) is 0 Å². The molecule has 54 valence electrons. The third-order valence-corrected chi connectivity index (χ3v) is 1.69. The number of aliphatic hydroxyl groups is 1. The van der Waals surface area contributed by atoms with Crippen LogP contribution in [0.4, 0.5) is 0 Å². The first-order valence-electron chi connectivity index (χ1n) is 2.44. The second kappa shape index (κ2) is 2.98. The second-order valence-corrected chi connectivity index (χ2v) is 4.08. The summed E-state index contributed by atoms with van der Waals surface area (Å²) < 4.78 is 20.8. The molecule has 0 aliphatic carbocycles. The lowest BCUT2D eigenvalue weighted by Crippen LogP contribution is -2.16. The van der Waals surface area contributed by atoms with Crippen molar-refractivity contribution in [1.29, 1.82) is 0 Å². The highest BCUT2D eigenvalue weighted by Crippen LogP contribution is 1.89. The van der Waals surface area contributed by atoms with Crippen LogP contribution in [0.2, 0.25) is 0 Å². The number of hydrogen-bond acceptors (Lipinski definition) is 3. The summed E-state index contributed by atoms with van der Waals surface area (Å²) in [6.45, 7) is 3.23. The molecule has 0 saturated carbocycles. The molecule has 9 heavy (non-hydrogen) atoms. The molecule has 1 N–H and O–H groups in total. The molecule has 4 heteroatoms. The summed E-state index contributed by atoms with van der Waals surface area (Å²) in [5.74, 6) is -0.240. The molecule has 1 atom stereocenters. The smallest absolute Gasteiger partial charge is 0.150 e. The van der Waals surface area contributed by atoms with Crippen LogP contribution >= 0.6 is 0 Å². The monoisotopic (exact) mass is 150 g/mol. The van der Waals surface area contributed by atoms with Crippen molar-refractivity contribution < 1.29 is 13.5 Å². The second-order valence-electron chi connectivity index (χ2n) is 1.90. The van der Waals surface area contributed by atoms with Gasteiger partial charge in [-0.1, -0.05) is 6.08 Å². The van der Waals surface area contributed by atoms with Gasteiger partial charge in [0.05, 0.1) is 11.9 Å². The van der Waals surface area contributed by atoms with E-state index >= 15 is 0 Å². The largest absolute Gasteiger partial charge is 0.388 e. The zero-order chi connectivity index (χ0) is 7.49. The van der Waals surface area contributed by atoms with Gasteiger partial charge in [-0.3, -0.25) is 0 Å². The molecule has 0 radical (unpaired) electrons. The van der Waals surface area contributed by atoms with Crippen molar-refractivity contribution in [2.24, 2.45) is 0 Å². The van der Waals surface area contributed by atoms with Gasteiger partial charge in [0.15, 0.2) is 0 Å². The quantitative estimate of drug-likeness (QED) is 0.556. The Morgan fingerprint density at radius 2 is 2.22 bits per heavy atom. The van der Waals surface area contributed by atoms with Gasteiger partial charge in [-0.2, -0.15) is 0 Å². The van der Waals surface area contributed by atoms with Crippen LogP contribution < -0.4 is 0 Å². The van der Waals surface area contributed by atoms with Crippen molar-refractivity contribution in [2.45, 2.75) is 6.10 Å². The molecule has 3 nitrogen and oxygen atoms in total. The van der Waals surface area contributed by atoms with Gasteiger partial charge in [0, 0.05) is 6.26 Å². The third-order valence-electron chi connectivity index (χ3n) is 0.746. The topological polar surface area (TPSA) is 54.4 Å². The van der Waals surface area contributed by atoms with E-state index in [1.165, 1.54) is 6.08 Å². The molecule has 1 unspecified atom stereocenters. The summed E-state index contributed by atoms with van der Waals surface area (Å²) in [4.78, 5) is 0. The van der Waals surface area contributed by atoms with E-state index in [9.17, 15) is 8.42 Å². The summed E-state index contributed by atoms with van der Waals surface area (Å²) >= 11 is 0. The maximum Gasteiger partial charge on any atom is 0.150 e. The Balaban J connectivity index is 3.89. The van der Waals surface area contributed by atoms with Gasteiger partial charge in [0.1, 0.15) is 9.84 Å². The maximum absolute atomic E-state index is 10.4. The van der Waals surface area contributed by atoms with E-state index in [-0.39, 0.29) is 5.75 Å². The van der Waals surface area contributed by atoms with E-state index in [1.54, 1.807) is 0 Å². The maximum atomic E-state index is 10.4. The molecule has 0 rings (SSSR count). The van der Waals surface area contributed by atoms with Gasteiger partial charge in [0.2, 0.25) is 0 Å². The molecule has 0 aromatic heterocycles. The Morgan fingerprint density at radius 1 is 1.78 bits per heavy atom. The number of sulfone groups is 1. The van der Waals surface area contributed by atoms with E-state index in [0.717, 1.165) is 6.26 Å². The predicted molar refractivity (Wildman–Crippen MR) is 35.9 cm³/mol. The highest BCUT2D eigenvalue weighted by atomic mass is 32.2. The fourth-order valence-electron chi connectivity index (χ4n) is 0.378. The molecule has 0 aromatic rings. The predicted octanol–water partition coefficient (Wildman–Crippen LogP) is -0.422. The van der Waals surface area contributed by atoms with Gasteiger partial charge >= 0.3 is 0 Å². The fraction of sp³-hybridized carbons (Fsp3) is 0.600. The Bertz CT molecular complexity index is 180. The Kier molecular flexibility index (Phi) is 2.87. The first-order valence-corrected chi connectivity index (χ1v) is 4.50. The fourth-order valence-corrected chi connectivity index (χ4v) is 1.13. The van der Waals surface area contributed by atoms with Gasteiger partial charge in [-0.25, -0.2) is 8.42 Å². The van der Waals surface area contributed by atoms with E-state index in [4.69, 9.17) is 5.11 Å². The first kappa shape index (κ1) is 8.65. The average Bonchev–Trinajstić information content (AvgIpc) is 1.62. The van der Waals surface area contributed by atoms with Gasteiger partial charge < -0.3 is 5.11 Å². The van der Waals surface area contributed by atoms with Gasteiger partial charge in [-0.15, -0.1) is 6.58 Å². The zero-order valence-corrected chi connectivity index (χ0v) is 6.06. The molecule has 0 saturated heterocycles. The number of hydrogen-bond donors (Lipinski definition) is 1. The number of aliphatic hydroxyl groups excluding tert-OH is 1. The van der Waals surface area contributed by atoms with Crippen LogP contribution in [0.5, 0.6) is 0 Å². The summed E-state index contributed by atoms with van der Waals surface area (Å²) in [7, 11) is -3.06. The Hall–Kier alpha value is -0.350. The molecule has 0 fully saturated rings. The molecule has 0 bridgehead atoms. The molecule has 0 aromatic carbocycles. The van der Waals surface area contributed by atoms with Crippen molar-refractivity contribution in [3.05, 3.63) is 12.7 Å². The lowest BCUT2D eigenvalue weighted by atomic mass is 10.4. The lowest BCUT2D eigenvalue weighted by Gasteiger charge is -2.00. The highest BCUT2D eigenvalue weighted by Gasteiger charge is 2.07. The van der Waals surface area contributed by atoms with E-state index in [0.29, 0.717) is 0 Å². The minimum absolute atomic E-state index is 0.240. The van der Waals surface area contributed by atoms with Gasteiger partial charge in [0.25, 0.3) is 0 Å². The summed E-state index contributed by atoms with van der Waals surface area (Å²) in [5.41, 5.74) is 0. The van der Waals surface area contributed by atoms with Crippen molar-refractivity contribution in [3.8, 4) is 0 Å². The molecular weight excluding hydrogens is 140 g/mol. The SMILES string of the molecule is C=CC(O)CS(C)(=O)=O. The van der Waals surface area contributed by atoms with Crippen LogP contribution in [-0.4, -0.2) is 31.6 Å². The minimum atomic E-state index is -3.06. The molecular formula is C5H10O3S. The first-order chi connectivity index (χ1) is 3.95. The van der Waals surface area contributed by atoms with Crippen LogP contribution in [-0.2, 0) is 9.84 Å². The van der Waals surface area contributed by atoms with Crippen LogP contribution in [0.15, 0.2) is 12.7 Å². The Labute approximate surface area is 54.9 Å². The van der Waals surface area contributed by atoms with Crippen LogP contribution in [0.3, 0.4) is 0 Å². The Morgan fingerprint density at radius 3 is 2.33 bits per heavy atom. The molecule has 0 aliphatic rings. The minimum Gasteiger partial charge on any atom is -0.388 e. The summed E-state index contributed by atoms with van der Waals surface area (Å²) in [5, 5.41) is 8.70. The average molecular weight is 150 g/mol. The van der Waals surface area contributed by atoms with E-state index < -0.39 is 15.9 Å². The molecule has 0 heterocycles. The summed E-state index contributed by atoms with van der Waals surface area (Å²) in [6.07, 6.45) is 1.33. The van der Waals surface area contributed by atoms with Crippen LogP contribution in [0.1, 0.15) is 0 Å². The van der Waals surface area contributed by atoms with Crippen LogP contribution in [0.25, 0.3) is 0 Å². The van der Waals surface area contributed by atoms with E-state index in [1.807, 2.05) is 0 Å².